The van der Waals surface area contributed by atoms with Gasteiger partial charge in [-0.05, 0) is 18.2 Å². The number of H-pyrrole nitrogens is 1. The minimum atomic E-state index is -1.16. The number of aromatic nitrogens is 5. The Balaban J connectivity index is 1.97. The highest BCUT2D eigenvalue weighted by Crippen LogP contribution is 2.18. The summed E-state index contributed by atoms with van der Waals surface area (Å²) >= 11 is 3.42. The number of imidazole rings is 1. The highest BCUT2D eigenvalue weighted by atomic mass is 79.9. The quantitative estimate of drug-likeness (QED) is 0.787. The van der Waals surface area contributed by atoms with Gasteiger partial charge in [-0.2, -0.15) is 0 Å². The summed E-state index contributed by atoms with van der Waals surface area (Å²) in [6, 6.07) is 5.85. The van der Waals surface area contributed by atoms with Gasteiger partial charge in [0.1, 0.15) is 12.2 Å². The van der Waals surface area contributed by atoms with Crippen molar-refractivity contribution >= 4 is 37.8 Å². The molecule has 0 fully saturated rings. The second-order valence-electron chi connectivity index (χ2n) is 4.04. The van der Waals surface area contributed by atoms with Gasteiger partial charge in [-0.1, -0.05) is 15.9 Å². The molecule has 0 saturated heterocycles. The van der Waals surface area contributed by atoms with Crippen molar-refractivity contribution in [3.05, 3.63) is 34.8 Å². The van der Waals surface area contributed by atoms with E-state index in [-0.39, 0.29) is 0 Å². The molecule has 0 amide bonds. The van der Waals surface area contributed by atoms with Crippen LogP contribution in [0.5, 0.6) is 0 Å². The Kier molecular flexibility index (Phi) is 3.19. The van der Waals surface area contributed by atoms with Crippen LogP contribution in [0, 0.1) is 0 Å². The molecule has 0 spiro atoms. The Hall–Kier alpha value is -1.54. The van der Waals surface area contributed by atoms with E-state index in [9.17, 15) is 4.21 Å². The number of nitrogens with zero attached hydrogens (tertiary/aromatic N) is 4. The fourth-order valence-corrected chi connectivity index (χ4v) is 2.81. The SMILES string of the molecule is CS(=O)c1nncn1Cc1nc2ccc(Br)cc2[nH]1. The molecule has 3 aromatic rings. The normalized spacial score (nSPS) is 12.9. The molecule has 1 unspecified atom stereocenters. The maximum Gasteiger partial charge on any atom is 0.221 e. The molecule has 2 heterocycles. The molecule has 0 aliphatic rings. The molecule has 6 nitrogen and oxygen atoms in total. The summed E-state index contributed by atoms with van der Waals surface area (Å²) in [7, 11) is -1.16. The molecular weight excluding hydrogens is 330 g/mol. The lowest BCUT2D eigenvalue weighted by molar-refractivity contribution is 0.644. The highest BCUT2D eigenvalue weighted by Gasteiger charge is 2.10. The summed E-state index contributed by atoms with van der Waals surface area (Å²) < 4.78 is 14.2. The van der Waals surface area contributed by atoms with Gasteiger partial charge in [0.05, 0.1) is 28.4 Å². The van der Waals surface area contributed by atoms with Gasteiger partial charge < -0.3 is 4.98 Å². The van der Waals surface area contributed by atoms with Gasteiger partial charge in [0.15, 0.2) is 0 Å². The summed E-state index contributed by atoms with van der Waals surface area (Å²) in [6.45, 7) is 0.466. The monoisotopic (exact) mass is 339 g/mol. The number of rotatable bonds is 3. The van der Waals surface area contributed by atoms with Crippen LogP contribution in [0.25, 0.3) is 11.0 Å². The number of aromatic amines is 1. The van der Waals surface area contributed by atoms with Crippen molar-refractivity contribution in [1.29, 1.82) is 0 Å². The summed E-state index contributed by atoms with van der Waals surface area (Å²) in [5.74, 6) is 0.777. The van der Waals surface area contributed by atoms with E-state index in [1.807, 2.05) is 18.2 Å². The van der Waals surface area contributed by atoms with Crippen molar-refractivity contribution in [3.63, 3.8) is 0 Å². The fraction of sp³-hybridized carbons (Fsp3) is 0.182. The van der Waals surface area contributed by atoms with E-state index < -0.39 is 10.8 Å². The van der Waals surface area contributed by atoms with E-state index >= 15 is 0 Å². The fourth-order valence-electron chi connectivity index (χ4n) is 1.85. The molecule has 0 saturated carbocycles. The van der Waals surface area contributed by atoms with E-state index in [2.05, 4.69) is 36.1 Å². The minimum Gasteiger partial charge on any atom is -0.340 e. The Bertz CT molecular complexity index is 765. The van der Waals surface area contributed by atoms with Gasteiger partial charge >= 0.3 is 0 Å². The predicted molar refractivity (Wildman–Crippen MR) is 75.3 cm³/mol. The molecule has 1 aromatic carbocycles. The van der Waals surface area contributed by atoms with E-state index in [1.165, 1.54) is 0 Å². The number of hydrogen-bond acceptors (Lipinski definition) is 4. The second-order valence-corrected chi connectivity index (χ2v) is 6.23. The number of halogens is 1. The average Bonchev–Trinajstić information content (AvgIpc) is 2.95. The maximum absolute atomic E-state index is 11.5. The molecule has 0 aliphatic carbocycles. The van der Waals surface area contributed by atoms with Gasteiger partial charge in [-0.15, -0.1) is 10.2 Å². The first kappa shape index (κ1) is 12.5. The van der Waals surface area contributed by atoms with Crippen LogP contribution >= 0.6 is 15.9 Å². The van der Waals surface area contributed by atoms with Crippen molar-refractivity contribution in [3.8, 4) is 0 Å². The topological polar surface area (TPSA) is 76.5 Å². The number of fused-ring (bicyclic) bond motifs is 1. The van der Waals surface area contributed by atoms with Gasteiger partial charge in [0.2, 0.25) is 5.16 Å². The molecule has 1 atom stereocenters. The first-order valence-electron chi connectivity index (χ1n) is 5.49. The van der Waals surface area contributed by atoms with Crippen LogP contribution in [0.15, 0.2) is 34.2 Å². The van der Waals surface area contributed by atoms with Crippen LogP contribution in [-0.2, 0) is 17.3 Å². The van der Waals surface area contributed by atoms with Crippen LogP contribution < -0.4 is 0 Å². The molecular formula is C11H10BrN5OS. The first-order valence-corrected chi connectivity index (χ1v) is 7.84. The van der Waals surface area contributed by atoms with Crippen LogP contribution in [0.2, 0.25) is 0 Å². The molecule has 0 radical (unpaired) electrons. The van der Waals surface area contributed by atoms with Gasteiger partial charge in [0.25, 0.3) is 0 Å². The van der Waals surface area contributed by atoms with Crippen molar-refractivity contribution in [2.24, 2.45) is 0 Å². The van der Waals surface area contributed by atoms with Crippen molar-refractivity contribution in [2.75, 3.05) is 6.26 Å². The van der Waals surface area contributed by atoms with Crippen LogP contribution in [0.3, 0.4) is 0 Å². The first-order chi connectivity index (χ1) is 9.13. The van der Waals surface area contributed by atoms with Gasteiger partial charge in [0, 0.05) is 10.7 Å². The summed E-state index contributed by atoms with van der Waals surface area (Å²) in [5.41, 5.74) is 1.85. The van der Waals surface area contributed by atoms with Crippen molar-refractivity contribution in [1.82, 2.24) is 24.7 Å². The Morgan fingerprint density at radius 3 is 3.11 bits per heavy atom. The molecule has 0 bridgehead atoms. The third-order valence-corrected chi connectivity index (χ3v) is 3.97. The van der Waals surface area contributed by atoms with Gasteiger partial charge in [-0.3, -0.25) is 8.78 Å². The molecule has 1 N–H and O–H groups in total. The Morgan fingerprint density at radius 1 is 1.47 bits per heavy atom. The number of nitrogens with one attached hydrogen (secondary N) is 1. The zero-order valence-electron chi connectivity index (χ0n) is 10.00. The lowest BCUT2D eigenvalue weighted by Gasteiger charge is -2.00. The number of hydrogen-bond donors (Lipinski definition) is 1. The molecule has 19 heavy (non-hydrogen) atoms. The predicted octanol–water partition coefficient (Wildman–Crippen LogP) is 1.70. The molecule has 8 heteroatoms. The zero-order valence-corrected chi connectivity index (χ0v) is 12.4. The van der Waals surface area contributed by atoms with Crippen LogP contribution in [-0.4, -0.2) is 35.2 Å². The molecule has 2 aromatic heterocycles. The van der Waals surface area contributed by atoms with E-state index in [0.29, 0.717) is 11.7 Å². The largest absolute Gasteiger partial charge is 0.340 e. The van der Waals surface area contributed by atoms with E-state index in [1.54, 1.807) is 17.2 Å². The summed E-state index contributed by atoms with van der Waals surface area (Å²) in [5, 5.41) is 8.07. The lowest BCUT2D eigenvalue weighted by Crippen LogP contribution is -2.06. The zero-order chi connectivity index (χ0) is 13.4. The lowest BCUT2D eigenvalue weighted by atomic mass is 10.3. The second kappa shape index (κ2) is 4.86. The average molecular weight is 340 g/mol. The van der Waals surface area contributed by atoms with E-state index in [4.69, 9.17) is 0 Å². The third-order valence-electron chi connectivity index (χ3n) is 2.65. The van der Waals surface area contributed by atoms with Crippen LogP contribution in [0.4, 0.5) is 0 Å². The highest BCUT2D eigenvalue weighted by molar-refractivity contribution is 9.10. The van der Waals surface area contributed by atoms with Gasteiger partial charge in [-0.25, -0.2) is 4.98 Å². The molecule has 0 aliphatic heterocycles. The van der Waals surface area contributed by atoms with Crippen LogP contribution in [0.1, 0.15) is 5.82 Å². The van der Waals surface area contributed by atoms with Crippen molar-refractivity contribution in [2.45, 2.75) is 11.7 Å². The Labute approximate surface area is 119 Å². The standard InChI is InChI=1S/C11H10BrN5OS/c1-19(18)11-16-13-6-17(11)5-10-14-8-3-2-7(12)4-9(8)15-10/h2-4,6H,5H2,1H3,(H,14,15). The summed E-state index contributed by atoms with van der Waals surface area (Å²) in [6.07, 6.45) is 3.14. The maximum atomic E-state index is 11.5. The van der Waals surface area contributed by atoms with E-state index in [0.717, 1.165) is 21.3 Å². The summed E-state index contributed by atoms with van der Waals surface area (Å²) in [4.78, 5) is 7.70. The number of benzene rings is 1. The molecule has 3 rings (SSSR count). The minimum absolute atomic E-state index is 0.446. The third kappa shape index (κ3) is 2.45. The smallest absolute Gasteiger partial charge is 0.221 e. The Morgan fingerprint density at radius 2 is 2.32 bits per heavy atom. The van der Waals surface area contributed by atoms with Crippen molar-refractivity contribution < 1.29 is 4.21 Å². The molecule has 98 valence electrons.